The highest BCUT2D eigenvalue weighted by Gasteiger charge is 2.10. The van der Waals surface area contributed by atoms with Crippen molar-refractivity contribution in [3.05, 3.63) is 28.2 Å². The number of carboxylic acids is 1. The van der Waals surface area contributed by atoms with E-state index in [0.29, 0.717) is 10.2 Å². The van der Waals surface area contributed by atoms with Gasteiger partial charge in [0.15, 0.2) is 9.84 Å². The number of sulfone groups is 1. The molecule has 1 N–H and O–H groups in total. The largest absolute Gasteiger partial charge is 0.493 e. The van der Waals surface area contributed by atoms with Crippen molar-refractivity contribution in [2.24, 2.45) is 0 Å². The summed E-state index contributed by atoms with van der Waals surface area (Å²) in [6.45, 7) is -0.000471. The fourth-order valence-corrected chi connectivity index (χ4v) is 1.87. The van der Waals surface area contributed by atoms with Gasteiger partial charge in [0.1, 0.15) is 12.4 Å². The molecular formula is C10H11BrO5S. The van der Waals surface area contributed by atoms with Crippen LogP contribution in [-0.2, 0) is 9.84 Å². The van der Waals surface area contributed by atoms with Gasteiger partial charge in [0.05, 0.1) is 11.3 Å². The lowest BCUT2D eigenvalue weighted by atomic mass is 10.2. The maximum Gasteiger partial charge on any atom is 0.336 e. The van der Waals surface area contributed by atoms with E-state index in [1.807, 2.05) is 0 Å². The van der Waals surface area contributed by atoms with Gasteiger partial charge in [0, 0.05) is 10.7 Å². The second-order valence-electron chi connectivity index (χ2n) is 3.43. The Bertz CT molecular complexity index is 523. The van der Waals surface area contributed by atoms with Crippen molar-refractivity contribution in [3.8, 4) is 5.75 Å². The molecule has 0 amide bonds. The van der Waals surface area contributed by atoms with Crippen molar-refractivity contribution in [3.63, 3.8) is 0 Å². The number of hydrogen-bond acceptors (Lipinski definition) is 4. The zero-order valence-electron chi connectivity index (χ0n) is 9.01. The quantitative estimate of drug-likeness (QED) is 0.890. The Morgan fingerprint density at radius 3 is 2.65 bits per heavy atom. The third-order valence-corrected chi connectivity index (χ3v) is 3.49. The first-order valence-electron chi connectivity index (χ1n) is 4.63. The molecule has 0 heterocycles. The normalized spacial score (nSPS) is 11.2. The van der Waals surface area contributed by atoms with Crippen LogP contribution in [0.4, 0.5) is 0 Å². The van der Waals surface area contributed by atoms with Crippen molar-refractivity contribution in [1.29, 1.82) is 0 Å². The Morgan fingerprint density at radius 2 is 2.12 bits per heavy atom. The predicted molar refractivity (Wildman–Crippen MR) is 66.3 cm³/mol. The number of aromatic carboxylic acids is 1. The van der Waals surface area contributed by atoms with Gasteiger partial charge in [0.25, 0.3) is 0 Å². The molecule has 0 saturated carbocycles. The zero-order valence-corrected chi connectivity index (χ0v) is 11.4. The Labute approximate surface area is 107 Å². The van der Waals surface area contributed by atoms with Gasteiger partial charge in [-0.15, -0.1) is 0 Å². The molecule has 1 aromatic carbocycles. The van der Waals surface area contributed by atoms with Crippen LogP contribution in [0.25, 0.3) is 0 Å². The molecule has 1 rings (SSSR count). The number of ether oxygens (including phenoxy) is 1. The standard InChI is InChI=1S/C10H11BrO5S/c1-17(14,15)5-4-16-7-2-3-9(11)8(6-7)10(12)13/h2-3,6H,4-5H2,1H3,(H,12,13). The second kappa shape index (κ2) is 5.50. The highest BCUT2D eigenvalue weighted by Crippen LogP contribution is 2.22. The van der Waals surface area contributed by atoms with Crippen LogP contribution in [0.1, 0.15) is 10.4 Å². The highest BCUT2D eigenvalue weighted by molar-refractivity contribution is 9.10. The van der Waals surface area contributed by atoms with Crippen molar-refractivity contribution >= 4 is 31.7 Å². The van der Waals surface area contributed by atoms with Crippen LogP contribution in [0, 0.1) is 0 Å². The Hall–Kier alpha value is -1.08. The van der Waals surface area contributed by atoms with E-state index in [4.69, 9.17) is 9.84 Å². The Kier molecular flexibility index (Phi) is 4.53. The van der Waals surface area contributed by atoms with Crippen molar-refractivity contribution in [2.45, 2.75) is 0 Å². The molecule has 0 radical (unpaired) electrons. The number of hydrogen-bond donors (Lipinski definition) is 1. The molecule has 0 fully saturated rings. The minimum absolute atomic E-state index is 0.000471. The smallest absolute Gasteiger partial charge is 0.336 e. The van der Waals surface area contributed by atoms with E-state index in [1.54, 1.807) is 12.1 Å². The molecule has 7 heteroatoms. The van der Waals surface area contributed by atoms with Gasteiger partial charge in [-0.25, -0.2) is 13.2 Å². The van der Waals surface area contributed by atoms with Crippen LogP contribution in [0.5, 0.6) is 5.75 Å². The summed E-state index contributed by atoms with van der Waals surface area (Å²) in [7, 11) is -3.08. The van der Waals surface area contributed by atoms with E-state index in [9.17, 15) is 13.2 Å². The number of carboxylic acid groups (broad SMARTS) is 1. The summed E-state index contributed by atoms with van der Waals surface area (Å²) in [4.78, 5) is 10.8. The summed E-state index contributed by atoms with van der Waals surface area (Å²) in [5.74, 6) is -0.856. The monoisotopic (exact) mass is 322 g/mol. The first kappa shape index (κ1) is 14.0. The van der Waals surface area contributed by atoms with Gasteiger partial charge in [0.2, 0.25) is 0 Å². The van der Waals surface area contributed by atoms with Crippen LogP contribution >= 0.6 is 15.9 Å². The Balaban J connectivity index is 2.73. The first-order valence-corrected chi connectivity index (χ1v) is 7.48. The maximum absolute atomic E-state index is 10.9. The van der Waals surface area contributed by atoms with E-state index in [-0.39, 0.29) is 17.9 Å². The van der Waals surface area contributed by atoms with Crippen LogP contribution in [0.3, 0.4) is 0 Å². The van der Waals surface area contributed by atoms with Crippen LogP contribution < -0.4 is 4.74 Å². The number of carbonyl (C=O) groups is 1. The van der Waals surface area contributed by atoms with Gasteiger partial charge in [-0.1, -0.05) is 0 Å². The molecule has 0 aromatic heterocycles. The molecular weight excluding hydrogens is 312 g/mol. The molecule has 0 aliphatic carbocycles. The van der Waals surface area contributed by atoms with E-state index in [0.717, 1.165) is 6.26 Å². The van der Waals surface area contributed by atoms with Crippen LogP contribution in [-0.4, -0.2) is 38.1 Å². The molecule has 0 spiro atoms. The lowest BCUT2D eigenvalue weighted by Crippen LogP contribution is -2.12. The number of benzene rings is 1. The molecule has 0 unspecified atom stereocenters. The van der Waals surface area contributed by atoms with E-state index in [2.05, 4.69) is 15.9 Å². The molecule has 0 atom stereocenters. The fourth-order valence-electron chi connectivity index (χ4n) is 1.07. The minimum atomic E-state index is -3.08. The lowest BCUT2D eigenvalue weighted by molar-refractivity contribution is 0.0695. The van der Waals surface area contributed by atoms with E-state index in [1.165, 1.54) is 6.07 Å². The molecule has 0 saturated heterocycles. The summed E-state index contributed by atoms with van der Waals surface area (Å²) in [5, 5.41) is 8.86. The van der Waals surface area contributed by atoms with Crippen molar-refractivity contribution in [1.82, 2.24) is 0 Å². The summed E-state index contributed by atoms with van der Waals surface area (Å²) < 4.78 is 27.3. The average molecular weight is 323 g/mol. The Morgan fingerprint density at radius 1 is 1.47 bits per heavy atom. The van der Waals surface area contributed by atoms with E-state index < -0.39 is 15.8 Å². The maximum atomic E-state index is 10.9. The topological polar surface area (TPSA) is 80.7 Å². The predicted octanol–water partition coefficient (Wildman–Crippen LogP) is 1.57. The average Bonchev–Trinajstić information content (AvgIpc) is 2.18. The van der Waals surface area contributed by atoms with Gasteiger partial charge in [-0.3, -0.25) is 0 Å². The summed E-state index contributed by atoms with van der Waals surface area (Å²) in [6, 6.07) is 4.45. The van der Waals surface area contributed by atoms with Crippen LogP contribution in [0.15, 0.2) is 22.7 Å². The number of halogens is 1. The molecule has 94 valence electrons. The minimum Gasteiger partial charge on any atom is -0.493 e. The molecule has 17 heavy (non-hydrogen) atoms. The SMILES string of the molecule is CS(=O)(=O)CCOc1ccc(Br)c(C(=O)O)c1. The van der Waals surface area contributed by atoms with E-state index >= 15 is 0 Å². The van der Waals surface area contributed by atoms with Crippen molar-refractivity contribution < 1.29 is 23.1 Å². The highest BCUT2D eigenvalue weighted by atomic mass is 79.9. The van der Waals surface area contributed by atoms with Crippen LogP contribution in [0.2, 0.25) is 0 Å². The van der Waals surface area contributed by atoms with Gasteiger partial charge in [-0.05, 0) is 34.1 Å². The summed E-state index contributed by atoms with van der Waals surface area (Å²) in [6.07, 6.45) is 1.11. The third-order valence-electron chi connectivity index (χ3n) is 1.89. The first-order chi connectivity index (χ1) is 7.79. The molecule has 0 aliphatic rings. The molecule has 0 aliphatic heterocycles. The fraction of sp³-hybridized carbons (Fsp3) is 0.300. The lowest BCUT2D eigenvalue weighted by Gasteiger charge is -2.07. The second-order valence-corrected chi connectivity index (χ2v) is 6.54. The molecule has 1 aromatic rings. The van der Waals surface area contributed by atoms with Gasteiger partial charge in [-0.2, -0.15) is 0 Å². The number of rotatable bonds is 5. The van der Waals surface area contributed by atoms with Crippen molar-refractivity contribution in [2.75, 3.05) is 18.6 Å². The van der Waals surface area contributed by atoms with Gasteiger partial charge < -0.3 is 9.84 Å². The summed E-state index contributed by atoms with van der Waals surface area (Å²) in [5.41, 5.74) is 0.0712. The summed E-state index contributed by atoms with van der Waals surface area (Å²) >= 11 is 3.10. The molecule has 5 nitrogen and oxygen atoms in total. The third kappa shape index (κ3) is 4.74. The zero-order chi connectivity index (χ0) is 13.1. The van der Waals surface area contributed by atoms with Gasteiger partial charge >= 0.3 is 5.97 Å². The molecule has 0 bridgehead atoms.